The van der Waals surface area contributed by atoms with E-state index in [-0.39, 0.29) is 12.0 Å². The Morgan fingerprint density at radius 1 is 1.06 bits per heavy atom. The molecule has 0 aliphatic carbocycles. The summed E-state index contributed by atoms with van der Waals surface area (Å²) in [7, 11) is 3.58. The summed E-state index contributed by atoms with van der Waals surface area (Å²) in [5.74, 6) is 0.900. The number of ether oxygens (including phenoxy) is 2. The van der Waals surface area contributed by atoms with Gasteiger partial charge < -0.3 is 14.4 Å². The van der Waals surface area contributed by atoms with Gasteiger partial charge in [-0.05, 0) is 36.2 Å². The van der Waals surface area contributed by atoms with Gasteiger partial charge in [0, 0.05) is 56.9 Å². The maximum absolute atomic E-state index is 13.2. The highest BCUT2D eigenvalue weighted by Crippen LogP contribution is 2.18. The summed E-state index contributed by atoms with van der Waals surface area (Å²) in [6.07, 6.45) is 5.33. The number of aromatic nitrogens is 3. The maximum Gasteiger partial charge on any atom is 0.237 e. The van der Waals surface area contributed by atoms with Gasteiger partial charge in [0.05, 0.1) is 32.6 Å². The first-order valence-electron chi connectivity index (χ1n) is 11.1. The molecule has 1 amide bonds. The van der Waals surface area contributed by atoms with Gasteiger partial charge in [-0.3, -0.25) is 19.4 Å². The summed E-state index contributed by atoms with van der Waals surface area (Å²) in [5.41, 5.74) is 4.31. The SMILES string of the molecule is COc1ccc(CN2C[C@@H](OCc3cccnc3)CN(Cc3cnn(C)c3C)CC2=O)cc1. The molecule has 1 saturated heterocycles. The third kappa shape index (κ3) is 5.97. The van der Waals surface area contributed by atoms with Gasteiger partial charge in [0.1, 0.15) is 5.75 Å². The topological polar surface area (TPSA) is 72.7 Å². The maximum atomic E-state index is 13.2. The van der Waals surface area contributed by atoms with Gasteiger partial charge in [-0.1, -0.05) is 18.2 Å². The first-order chi connectivity index (χ1) is 16.0. The van der Waals surface area contributed by atoms with Crippen LogP contribution in [0.25, 0.3) is 0 Å². The van der Waals surface area contributed by atoms with Crippen LogP contribution in [0.15, 0.2) is 55.0 Å². The Morgan fingerprint density at radius 2 is 1.88 bits per heavy atom. The Hall–Kier alpha value is -3.23. The molecule has 1 aliphatic rings. The molecule has 0 spiro atoms. The molecule has 0 saturated carbocycles. The second-order valence-electron chi connectivity index (χ2n) is 8.47. The van der Waals surface area contributed by atoms with E-state index >= 15 is 0 Å². The summed E-state index contributed by atoms with van der Waals surface area (Å²) in [5, 5.41) is 4.35. The molecule has 8 nitrogen and oxygen atoms in total. The highest BCUT2D eigenvalue weighted by Gasteiger charge is 2.29. The first kappa shape index (κ1) is 22.9. The fourth-order valence-electron chi connectivity index (χ4n) is 4.02. The lowest BCUT2D eigenvalue weighted by atomic mass is 10.2. The molecule has 0 radical (unpaired) electrons. The molecule has 0 N–H and O–H groups in total. The number of hydrogen-bond acceptors (Lipinski definition) is 6. The summed E-state index contributed by atoms with van der Waals surface area (Å²) in [6, 6.07) is 11.7. The van der Waals surface area contributed by atoms with E-state index in [4.69, 9.17) is 9.47 Å². The van der Waals surface area contributed by atoms with Crippen molar-refractivity contribution < 1.29 is 14.3 Å². The molecule has 0 unspecified atom stereocenters. The van der Waals surface area contributed by atoms with Gasteiger partial charge in [-0.15, -0.1) is 0 Å². The Balaban J connectivity index is 1.49. The molecule has 1 aliphatic heterocycles. The van der Waals surface area contributed by atoms with Gasteiger partial charge in [-0.25, -0.2) is 0 Å². The summed E-state index contributed by atoms with van der Waals surface area (Å²) >= 11 is 0. The summed E-state index contributed by atoms with van der Waals surface area (Å²) in [4.78, 5) is 21.5. The van der Waals surface area contributed by atoms with Crippen LogP contribution >= 0.6 is 0 Å². The average Bonchev–Trinajstić information content (AvgIpc) is 3.06. The largest absolute Gasteiger partial charge is 0.497 e. The fourth-order valence-corrected chi connectivity index (χ4v) is 4.02. The van der Waals surface area contributed by atoms with Crippen LogP contribution in [0.5, 0.6) is 5.75 Å². The predicted molar refractivity (Wildman–Crippen MR) is 124 cm³/mol. The number of carbonyl (C=O) groups excluding carboxylic acids is 1. The van der Waals surface area contributed by atoms with Gasteiger partial charge in [0.25, 0.3) is 0 Å². The van der Waals surface area contributed by atoms with Gasteiger partial charge in [-0.2, -0.15) is 5.10 Å². The van der Waals surface area contributed by atoms with Crippen molar-refractivity contribution in [3.05, 3.63) is 77.4 Å². The molecule has 3 heterocycles. The number of rotatable bonds is 8. The van der Waals surface area contributed by atoms with Crippen molar-refractivity contribution in [1.82, 2.24) is 24.6 Å². The molecule has 33 heavy (non-hydrogen) atoms. The minimum absolute atomic E-state index is 0.0971. The van der Waals surface area contributed by atoms with Crippen molar-refractivity contribution in [2.45, 2.75) is 32.7 Å². The Bertz CT molecular complexity index is 1050. The fraction of sp³-hybridized carbons (Fsp3) is 0.400. The van der Waals surface area contributed by atoms with Crippen LogP contribution in [-0.4, -0.2) is 63.3 Å². The zero-order valence-corrected chi connectivity index (χ0v) is 19.5. The lowest BCUT2D eigenvalue weighted by Gasteiger charge is -2.25. The van der Waals surface area contributed by atoms with Crippen molar-refractivity contribution >= 4 is 5.91 Å². The third-order valence-electron chi connectivity index (χ3n) is 6.07. The molecule has 1 fully saturated rings. The monoisotopic (exact) mass is 449 g/mol. The number of amides is 1. The number of benzene rings is 1. The standard InChI is InChI=1S/C25H31N5O3/c1-19-22(12-27-28(19)2)14-29-15-24(33-18-21-5-4-10-26-11-21)16-30(25(31)17-29)13-20-6-8-23(32-3)9-7-20/h4-12,24H,13-18H2,1-3H3/t24-/m0/s1. The average molecular weight is 450 g/mol. The summed E-state index contributed by atoms with van der Waals surface area (Å²) in [6.45, 7) is 5.26. The van der Waals surface area contributed by atoms with E-state index < -0.39 is 0 Å². The Morgan fingerprint density at radius 3 is 2.55 bits per heavy atom. The molecule has 174 valence electrons. The van der Waals surface area contributed by atoms with E-state index in [1.807, 2.05) is 72.3 Å². The van der Waals surface area contributed by atoms with E-state index in [1.54, 1.807) is 13.3 Å². The zero-order valence-electron chi connectivity index (χ0n) is 19.5. The van der Waals surface area contributed by atoms with Crippen molar-refractivity contribution in [1.29, 1.82) is 0 Å². The molecule has 2 aromatic heterocycles. The molecule has 1 aromatic carbocycles. The molecule has 1 atom stereocenters. The lowest BCUT2D eigenvalue weighted by molar-refractivity contribution is -0.132. The number of carbonyl (C=O) groups is 1. The highest BCUT2D eigenvalue weighted by atomic mass is 16.5. The number of hydrogen-bond donors (Lipinski definition) is 0. The normalized spacial score (nSPS) is 17.2. The minimum atomic E-state index is -0.119. The molecule has 4 rings (SSSR count). The van der Waals surface area contributed by atoms with E-state index in [0.717, 1.165) is 28.1 Å². The van der Waals surface area contributed by atoms with Crippen LogP contribution in [0, 0.1) is 6.92 Å². The van der Waals surface area contributed by atoms with Crippen molar-refractivity contribution in [3.63, 3.8) is 0 Å². The van der Waals surface area contributed by atoms with E-state index in [9.17, 15) is 4.79 Å². The number of nitrogens with zero attached hydrogens (tertiary/aromatic N) is 5. The van der Waals surface area contributed by atoms with Crippen LogP contribution in [0.3, 0.4) is 0 Å². The van der Waals surface area contributed by atoms with E-state index in [0.29, 0.717) is 39.3 Å². The lowest BCUT2D eigenvalue weighted by Crippen LogP contribution is -2.37. The molecular weight excluding hydrogens is 418 g/mol. The third-order valence-corrected chi connectivity index (χ3v) is 6.07. The minimum Gasteiger partial charge on any atom is -0.497 e. The Labute approximate surface area is 194 Å². The van der Waals surface area contributed by atoms with Crippen molar-refractivity contribution in [3.8, 4) is 5.75 Å². The molecule has 0 bridgehead atoms. The van der Waals surface area contributed by atoms with Crippen molar-refractivity contribution in [2.75, 3.05) is 26.7 Å². The smallest absolute Gasteiger partial charge is 0.237 e. The van der Waals surface area contributed by atoms with Crippen LogP contribution in [0.1, 0.15) is 22.4 Å². The van der Waals surface area contributed by atoms with Crippen LogP contribution in [-0.2, 0) is 36.3 Å². The van der Waals surface area contributed by atoms with Crippen LogP contribution in [0.4, 0.5) is 0 Å². The second kappa shape index (κ2) is 10.6. The van der Waals surface area contributed by atoms with Gasteiger partial charge in [0.15, 0.2) is 0 Å². The highest BCUT2D eigenvalue weighted by molar-refractivity contribution is 5.78. The van der Waals surface area contributed by atoms with Gasteiger partial charge in [0.2, 0.25) is 5.91 Å². The number of pyridine rings is 1. The van der Waals surface area contributed by atoms with E-state index in [2.05, 4.69) is 15.0 Å². The number of aryl methyl sites for hydroxylation is 1. The Kier molecular flexibility index (Phi) is 7.36. The number of methoxy groups -OCH3 is 1. The first-order valence-corrected chi connectivity index (χ1v) is 11.1. The molecule has 3 aromatic rings. The zero-order chi connectivity index (χ0) is 23.2. The predicted octanol–water partition coefficient (Wildman–Crippen LogP) is 2.56. The summed E-state index contributed by atoms with van der Waals surface area (Å²) < 4.78 is 13.4. The molecule has 8 heteroatoms. The second-order valence-corrected chi connectivity index (χ2v) is 8.47. The van der Waals surface area contributed by atoms with E-state index in [1.165, 1.54) is 0 Å². The van der Waals surface area contributed by atoms with Crippen LogP contribution in [0.2, 0.25) is 0 Å². The molecular formula is C25H31N5O3. The van der Waals surface area contributed by atoms with Gasteiger partial charge >= 0.3 is 0 Å². The van der Waals surface area contributed by atoms with Crippen LogP contribution < -0.4 is 4.74 Å². The van der Waals surface area contributed by atoms with Crippen molar-refractivity contribution in [2.24, 2.45) is 7.05 Å². The quantitative estimate of drug-likeness (QED) is 0.526.